The molecule has 0 radical (unpaired) electrons. The van der Waals surface area contributed by atoms with Crippen molar-refractivity contribution in [2.45, 2.75) is 45.4 Å². The monoisotopic (exact) mass is 355 g/mol. The number of hydrogen-bond acceptors (Lipinski definition) is 5. The van der Waals surface area contributed by atoms with Gasteiger partial charge in [-0.25, -0.2) is 0 Å². The first kappa shape index (κ1) is 20.8. The number of rotatable bonds is 9. The van der Waals surface area contributed by atoms with Gasteiger partial charge in [-0.1, -0.05) is 20.8 Å². The Kier molecular flexibility index (Phi) is 7.57. The average Bonchev–Trinajstić information content (AvgIpc) is 2.52. The van der Waals surface area contributed by atoms with Crippen molar-refractivity contribution in [1.29, 1.82) is 0 Å². The third-order valence-corrected chi connectivity index (χ3v) is 9.20. The van der Waals surface area contributed by atoms with Gasteiger partial charge in [0.1, 0.15) is 17.2 Å². The Labute approximate surface area is 147 Å². The lowest BCUT2D eigenvalue weighted by Crippen LogP contribution is -2.42. The highest BCUT2D eigenvalue weighted by atomic mass is 28.4. The number of benzene rings is 1. The largest absolute Gasteiger partial charge is 0.496 e. The molecule has 0 bridgehead atoms. The molecule has 1 aromatic carbocycles. The molecule has 138 valence electrons. The molecule has 0 aromatic heterocycles. The van der Waals surface area contributed by atoms with Gasteiger partial charge >= 0.3 is 0 Å². The Morgan fingerprint density at radius 2 is 1.50 bits per heavy atom. The fraction of sp³-hybridized carbons (Fsp3) is 0.667. The summed E-state index contributed by atoms with van der Waals surface area (Å²) in [4.78, 5) is 0. The van der Waals surface area contributed by atoms with E-state index in [0.29, 0.717) is 18.9 Å². The summed E-state index contributed by atoms with van der Waals surface area (Å²) in [6.45, 7) is 13.4. The maximum atomic E-state index is 6.18. The Bertz CT molecular complexity index is 501. The van der Waals surface area contributed by atoms with E-state index in [9.17, 15) is 0 Å². The molecule has 0 aliphatic rings. The first-order valence-corrected chi connectivity index (χ1v) is 11.2. The van der Waals surface area contributed by atoms with Crippen LogP contribution in [0.2, 0.25) is 18.1 Å². The van der Waals surface area contributed by atoms with E-state index in [1.54, 1.807) is 21.3 Å². The van der Waals surface area contributed by atoms with Crippen LogP contribution in [-0.2, 0) is 11.0 Å². The third-order valence-electron chi connectivity index (χ3n) is 4.67. The van der Waals surface area contributed by atoms with Gasteiger partial charge in [-0.05, 0) is 18.1 Å². The molecule has 1 aromatic rings. The Morgan fingerprint density at radius 1 is 0.958 bits per heavy atom. The van der Waals surface area contributed by atoms with Crippen LogP contribution in [0.1, 0.15) is 26.3 Å². The quantitative estimate of drug-likeness (QED) is 0.539. The van der Waals surface area contributed by atoms with Gasteiger partial charge in [0.25, 0.3) is 0 Å². The number of hydrogen-bond donors (Lipinski definition) is 1. The van der Waals surface area contributed by atoms with E-state index in [0.717, 1.165) is 23.6 Å². The molecule has 0 saturated heterocycles. The molecule has 0 saturated carbocycles. The summed E-state index contributed by atoms with van der Waals surface area (Å²) in [6.07, 6.45) is 0. The van der Waals surface area contributed by atoms with E-state index >= 15 is 0 Å². The van der Waals surface area contributed by atoms with Gasteiger partial charge in [-0.15, -0.1) is 0 Å². The normalized spacial score (nSPS) is 12.2. The highest BCUT2D eigenvalue weighted by Gasteiger charge is 2.36. The van der Waals surface area contributed by atoms with Gasteiger partial charge in [-0.3, -0.25) is 0 Å². The van der Waals surface area contributed by atoms with Crippen LogP contribution in [0.4, 0.5) is 0 Å². The molecule has 24 heavy (non-hydrogen) atoms. The molecule has 1 N–H and O–H groups in total. The molecular weight excluding hydrogens is 322 g/mol. The van der Waals surface area contributed by atoms with E-state index in [2.05, 4.69) is 39.2 Å². The van der Waals surface area contributed by atoms with E-state index in [4.69, 9.17) is 18.6 Å². The van der Waals surface area contributed by atoms with Gasteiger partial charge in [0, 0.05) is 31.8 Å². The number of methoxy groups -OCH3 is 3. The molecular formula is C18H33NO4Si. The van der Waals surface area contributed by atoms with Crippen molar-refractivity contribution in [3.05, 3.63) is 17.7 Å². The minimum Gasteiger partial charge on any atom is -0.496 e. The minimum atomic E-state index is -1.69. The van der Waals surface area contributed by atoms with Crippen molar-refractivity contribution in [2.75, 3.05) is 34.5 Å². The summed E-state index contributed by atoms with van der Waals surface area (Å²) >= 11 is 0. The van der Waals surface area contributed by atoms with Crippen molar-refractivity contribution in [2.24, 2.45) is 0 Å². The third kappa shape index (κ3) is 5.39. The van der Waals surface area contributed by atoms with Crippen LogP contribution in [0.3, 0.4) is 0 Å². The summed E-state index contributed by atoms with van der Waals surface area (Å²) < 4.78 is 22.4. The molecule has 0 heterocycles. The van der Waals surface area contributed by atoms with Crippen molar-refractivity contribution in [1.82, 2.24) is 5.32 Å². The van der Waals surface area contributed by atoms with Gasteiger partial charge < -0.3 is 24.0 Å². The molecule has 5 nitrogen and oxygen atoms in total. The van der Waals surface area contributed by atoms with Gasteiger partial charge in [0.05, 0.1) is 26.9 Å². The van der Waals surface area contributed by atoms with Crippen LogP contribution < -0.4 is 19.5 Å². The Hall–Kier alpha value is -1.24. The molecule has 1 rings (SSSR count). The standard InChI is InChI=1S/C18H33NO4Si/c1-18(2,3)24(7,8)23-10-9-19-13-15-16(21-5)11-14(20-4)12-17(15)22-6/h11-12,19H,9-10,13H2,1-8H3. The predicted octanol–water partition coefficient (Wildman–Crippen LogP) is 3.82. The number of ether oxygens (including phenoxy) is 3. The molecule has 0 aliphatic carbocycles. The molecule has 0 atom stereocenters. The molecule has 0 unspecified atom stereocenters. The fourth-order valence-electron chi connectivity index (χ4n) is 2.06. The fourth-order valence-corrected chi connectivity index (χ4v) is 3.11. The summed E-state index contributed by atoms with van der Waals surface area (Å²) in [5, 5.41) is 3.64. The number of nitrogens with one attached hydrogen (secondary N) is 1. The highest BCUT2D eigenvalue weighted by molar-refractivity contribution is 6.74. The van der Waals surface area contributed by atoms with E-state index < -0.39 is 8.32 Å². The molecule has 6 heteroatoms. The summed E-state index contributed by atoms with van der Waals surface area (Å²) in [7, 11) is 3.24. The maximum Gasteiger partial charge on any atom is 0.192 e. The van der Waals surface area contributed by atoms with Crippen molar-refractivity contribution in [3.8, 4) is 17.2 Å². The maximum absolute atomic E-state index is 6.18. The van der Waals surface area contributed by atoms with Crippen LogP contribution in [0.5, 0.6) is 17.2 Å². The lowest BCUT2D eigenvalue weighted by Gasteiger charge is -2.36. The van der Waals surface area contributed by atoms with E-state index in [1.165, 1.54) is 0 Å². The first-order valence-electron chi connectivity index (χ1n) is 8.30. The second kappa shape index (κ2) is 8.74. The molecule has 0 spiro atoms. The van der Waals surface area contributed by atoms with Crippen LogP contribution in [0.25, 0.3) is 0 Å². The summed E-state index contributed by atoms with van der Waals surface area (Å²) in [5.74, 6) is 2.22. The summed E-state index contributed by atoms with van der Waals surface area (Å²) in [5.41, 5.74) is 0.980. The molecule has 0 aliphatic heterocycles. The second-order valence-corrected chi connectivity index (χ2v) is 12.1. The van der Waals surface area contributed by atoms with Gasteiger partial charge in [0.15, 0.2) is 8.32 Å². The van der Waals surface area contributed by atoms with Crippen molar-refractivity contribution < 1.29 is 18.6 Å². The highest BCUT2D eigenvalue weighted by Crippen LogP contribution is 2.36. The predicted molar refractivity (Wildman–Crippen MR) is 101 cm³/mol. The lowest BCUT2D eigenvalue weighted by molar-refractivity contribution is 0.284. The van der Waals surface area contributed by atoms with Crippen molar-refractivity contribution in [3.63, 3.8) is 0 Å². The molecule has 0 amide bonds. The average molecular weight is 356 g/mol. The smallest absolute Gasteiger partial charge is 0.192 e. The Balaban J connectivity index is 2.62. The molecule has 0 fully saturated rings. The zero-order chi connectivity index (χ0) is 18.4. The van der Waals surface area contributed by atoms with E-state index in [-0.39, 0.29) is 5.04 Å². The van der Waals surface area contributed by atoms with Gasteiger partial charge in [-0.2, -0.15) is 0 Å². The summed E-state index contributed by atoms with van der Waals surface area (Å²) in [6, 6.07) is 3.73. The Morgan fingerprint density at radius 3 is 1.92 bits per heavy atom. The van der Waals surface area contributed by atoms with Gasteiger partial charge in [0.2, 0.25) is 0 Å². The lowest BCUT2D eigenvalue weighted by atomic mass is 10.1. The SMILES string of the molecule is COc1cc(OC)c(CNCCO[Si](C)(C)C(C)(C)C)c(OC)c1. The zero-order valence-corrected chi connectivity index (χ0v) is 17.4. The zero-order valence-electron chi connectivity index (χ0n) is 16.4. The van der Waals surface area contributed by atoms with Crippen LogP contribution >= 0.6 is 0 Å². The van der Waals surface area contributed by atoms with Crippen molar-refractivity contribution >= 4 is 8.32 Å². The topological polar surface area (TPSA) is 49.0 Å². The minimum absolute atomic E-state index is 0.232. The second-order valence-electron chi connectivity index (χ2n) is 7.30. The van der Waals surface area contributed by atoms with Crippen LogP contribution in [-0.4, -0.2) is 42.8 Å². The van der Waals surface area contributed by atoms with Crippen LogP contribution in [0, 0.1) is 0 Å². The van der Waals surface area contributed by atoms with Crippen LogP contribution in [0.15, 0.2) is 12.1 Å². The first-order chi connectivity index (χ1) is 11.2. The van der Waals surface area contributed by atoms with E-state index in [1.807, 2.05) is 12.1 Å².